The van der Waals surface area contributed by atoms with Gasteiger partial charge >= 0.3 is 48.8 Å². The molecule has 3 aliphatic heterocycles. The number of ether oxygens (including phenoxy) is 3. The Morgan fingerprint density at radius 2 is 0.968 bits per heavy atom. The molecule has 0 bridgehead atoms. The van der Waals surface area contributed by atoms with E-state index in [1.807, 2.05) is 13.8 Å². The summed E-state index contributed by atoms with van der Waals surface area (Å²) >= 11 is 3.32. The van der Waals surface area contributed by atoms with Crippen LogP contribution in [-0.2, 0) is 61.6 Å². The number of rotatable bonds is 22. The van der Waals surface area contributed by atoms with E-state index in [1.165, 1.54) is 29.8 Å². The van der Waals surface area contributed by atoms with Crippen molar-refractivity contribution >= 4 is 57.5 Å². The van der Waals surface area contributed by atoms with Crippen molar-refractivity contribution in [3.8, 4) is 0 Å². The standard InChI is InChI=1S/C33H41F6N5O4.C31H37BrF6N4O4/c1-3-10-43(18-22-8-6-21(7-9-22)13-28(45)46)30-26(41-27(17-40-30)42-11-4-5-12-42)19-44-20(2)29(48-31(44)47)23-14-24(32(34,35)36)16-25(15-23)33(37,38)39;1-4-10-41(16-20-8-6-19(7-9-20)11-26(43)45-5-2)28-24(40-25(32)15-39-28)17-42-18(3)27(46-29(42)44)21-12-22(30(33,34)35)14-23(13-21)31(36,37)38/h14-17,20-22,29H,3-13,18-19H2,1-2H3,(H,45,46);12-15,18-20,27H,4-11,16-17H2,1-3H3/t20-,21?,22?,29?;18-,19?,20?,27?/m00/s1. The zero-order valence-corrected chi connectivity index (χ0v) is 54.3. The Hall–Kier alpha value is -6.88. The third-order valence-corrected chi connectivity index (χ3v) is 18.4. The summed E-state index contributed by atoms with van der Waals surface area (Å²) in [5.41, 5.74) is -5.87. The molecule has 4 atom stereocenters. The zero-order chi connectivity index (χ0) is 68.6. The van der Waals surface area contributed by atoms with Crippen LogP contribution in [0, 0.1) is 23.7 Å². The molecule has 5 aliphatic rings. The Balaban J connectivity index is 0.000000241. The van der Waals surface area contributed by atoms with Crippen molar-refractivity contribution in [1.29, 1.82) is 0 Å². The number of alkyl halides is 12. The van der Waals surface area contributed by atoms with Crippen molar-refractivity contribution in [2.75, 3.05) is 60.6 Å². The van der Waals surface area contributed by atoms with Crippen LogP contribution in [0.2, 0.25) is 0 Å². The molecular weight excluding hydrogens is 1330 g/mol. The molecule has 30 heteroatoms. The molecule has 5 fully saturated rings. The van der Waals surface area contributed by atoms with E-state index in [0.717, 1.165) is 90.1 Å². The van der Waals surface area contributed by atoms with Crippen LogP contribution in [0.3, 0.4) is 0 Å². The van der Waals surface area contributed by atoms with Crippen molar-refractivity contribution in [1.82, 2.24) is 29.7 Å². The number of carboxylic acid groups (broad SMARTS) is 1. The fraction of sp³-hybridized carbons (Fsp3) is 0.625. The van der Waals surface area contributed by atoms with Gasteiger partial charge in [-0.15, -0.1) is 0 Å². The number of carbonyl (C=O) groups excluding carboxylic acids is 3. The smallest absolute Gasteiger partial charge is 0.416 e. The SMILES string of the molecule is CCCN(CC1CCC(CC(=O)O)CC1)c1ncc(N2CCCC2)nc1CN1C(=O)OC(c2cc(C(F)(F)F)cc(C(F)(F)F)c2)[C@@H]1C.CCCN(CC1CCC(CC(=O)OCC)CC1)c1ncc(Br)nc1CN1C(=O)OC(c2cc(C(F)(F)F)cc(C(F)(F)F)c2)[C@@H]1C. The maximum Gasteiger partial charge on any atom is 0.416 e. The van der Waals surface area contributed by atoms with Crippen molar-refractivity contribution in [3.63, 3.8) is 0 Å². The number of aliphatic carboxylic acids is 1. The summed E-state index contributed by atoms with van der Waals surface area (Å²) in [6.07, 6.45) is -10.4. The topological polar surface area (TPSA) is 184 Å². The fourth-order valence-electron chi connectivity index (χ4n) is 13.2. The number of carbonyl (C=O) groups is 4. The second-order valence-corrected chi connectivity index (χ2v) is 25.8. The molecule has 2 unspecified atom stereocenters. The van der Waals surface area contributed by atoms with Crippen LogP contribution in [0.1, 0.15) is 181 Å². The van der Waals surface area contributed by atoms with Gasteiger partial charge in [0.2, 0.25) is 0 Å². The number of esters is 1. The van der Waals surface area contributed by atoms with Gasteiger partial charge in [-0.05, 0) is 185 Å². The molecule has 9 rings (SSSR count). The molecule has 0 spiro atoms. The maximum atomic E-state index is 13.6. The summed E-state index contributed by atoms with van der Waals surface area (Å²) in [5.74, 6) is 1.77. The van der Waals surface area contributed by atoms with Crippen LogP contribution in [0.4, 0.5) is 79.7 Å². The van der Waals surface area contributed by atoms with Crippen molar-refractivity contribution in [2.24, 2.45) is 23.7 Å². The largest absolute Gasteiger partial charge is 0.481 e. The average Bonchev–Trinajstić information content (AvgIpc) is 1.52. The van der Waals surface area contributed by atoms with E-state index in [-0.39, 0.29) is 49.4 Å². The minimum absolute atomic E-state index is 0.0429. The van der Waals surface area contributed by atoms with Gasteiger partial charge in [-0.25, -0.2) is 29.5 Å². The van der Waals surface area contributed by atoms with E-state index in [0.29, 0.717) is 109 Å². The summed E-state index contributed by atoms with van der Waals surface area (Å²) in [5, 5.41) is 9.20. The number of cyclic esters (lactones) is 2. The molecule has 2 aromatic heterocycles. The van der Waals surface area contributed by atoms with E-state index in [2.05, 4.69) is 40.6 Å². The summed E-state index contributed by atoms with van der Waals surface area (Å²) < 4.78 is 179. The molecule has 518 valence electrons. The highest BCUT2D eigenvalue weighted by atomic mass is 79.9. The number of halogens is 13. The van der Waals surface area contributed by atoms with Crippen LogP contribution < -0.4 is 14.7 Å². The van der Waals surface area contributed by atoms with E-state index >= 15 is 0 Å². The number of aromatic nitrogens is 4. The van der Waals surface area contributed by atoms with E-state index in [4.69, 9.17) is 24.2 Å². The average molecular weight is 1410 g/mol. The first-order valence-corrected chi connectivity index (χ1v) is 32.6. The van der Waals surface area contributed by atoms with E-state index < -0.39 is 101 Å². The predicted octanol–water partition coefficient (Wildman–Crippen LogP) is 16.0. The van der Waals surface area contributed by atoms with Gasteiger partial charge in [0.15, 0.2) is 11.6 Å². The zero-order valence-electron chi connectivity index (χ0n) is 52.7. The second kappa shape index (κ2) is 30.9. The number of carboxylic acids is 1. The third kappa shape index (κ3) is 18.8. The highest BCUT2D eigenvalue weighted by molar-refractivity contribution is 9.10. The maximum absolute atomic E-state index is 13.6. The number of amides is 2. The summed E-state index contributed by atoms with van der Waals surface area (Å²) in [4.78, 5) is 77.2. The molecule has 0 radical (unpaired) electrons. The normalized spacial score (nSPS) is 22.8. The second-order valence-electron chi connectivity index (χ2n) is 25.0. The number of hydrogen-bond acceptors (Lipinski definition) is 14. The monoisotopic (exact) mass is 1410 g/mol. The molecule has 3 saturated heterocycles. The quantitative estimate of drug-likeness (QED) is 0.0445. The molecular formula is C64H78BrF12N9O8. The van der Waals surface area contributed by atoms with E-state index in [9.17, 15) is 77.0 Å². The Morgan fingerprint density at radius 3 is 1.35 bits per heavy atom. The Morgan fingerprint density at radius 1 is 0.585 bits per heavy atom. The van der Waals surface area contributed by atoms with Crippen LogP contribution in [-0.4, -0.2) is 117 Å². The molecule has 2 amide bonds. The number of anilines is 3. The summed E-state index contributed by atoms with van der Waals surface area (Å²) in [6, 6.07) is 0.623. The minimum Gasteiger partial charge on any atom is -0.481 e. The van der Waals surface area contributed by atoms with Gasteiger partial charge in [-0.2, -0.15) is 52.7 Å². The lowest BCUT2D eigenvalue weighted by atomic mass is 9.80. The third-order valence-electron chi connectivity index (χ3n) is 18.0. The van der Waals surface area contributed by atoms with Crippen LogP contribution in [0.5, 0.6) is 0 Å². The van der Waals surface area contributed by atoms with Crippen LogP contribution in [0.15, 0.2) is 53.4 Å². The molecule has 4 aromatic rings. The van der Waals surface area contributed by atoms with Crippen molar-refractivity contribution in [3.05, 3.63) is 98.2 Å². The molecule has 2 saturated carbocycles. The first-order chi connectivity index (χ1) is 44.2. The molecule has 2 aliphatic carbocycles. The van der Waals surface area contributed by atoms with Crippen LogP contribution >= 0.6 is 15.9 Å². The Labute approximate surface area is 545 Å². The minimum atomic E-state index is -5.04. The lowest BCUT2D eigenvalue weighted by Gasteiger charge is -2.34. The molecule has 17 nitrogen and oxygen atoms in total. The predicted molar refractivity (Wildman–Crippen MR) is 324 cm³/mol. The summed E-state index contributed by atoms with van der Waals surface area (Å²) in [7, 11) is 0. The van der Waals surface area contributed by atoms with Gasteiger partial charge in [0.25, 0.3) is 0 Å². The summed E-state index contributed by atoms with van der Waals surface area (Å²) in [6.45, 7) is 13.1. The first-order valence-electron chi connectivity index (χ1n) is 31.8. The lowest BCUT2D eigenvalue weighted by Crippen LogP contribution is -2.36. The molecule has 94 heavy (non-hydrogen) atoms. The van der Waals surface area contributed by atoms with Gasteiger partial charge < -0.3 is 34.0 Å². The van der Waals surface area contributed by atoms with E-state index in [1.54, 1.807) is 13.1 Å². The molecule has 1 N–H and O–H groups in total. The number of nitrogens with zero attached hydrogens (tertiary/aromatic N) is 9. The lowest BCUT2D eigenvalue weighted by molar-refractivity contribution is -0.145. The number of benzene rings is 2. The van der Waals surface area contributed by atoms with Gasteiger partial charge in [-0.3, -0.25) is 19.4 Å². The molecule has 5 heterocycles. The van der Waals surface area contributed by atoms with Crippen LogP contribution in [0.25, 0.3) is 0 Å². The van der Waals surface area contributed by atoms with Gasteiger partial charge in [-0.1, -0.05) is 13.8 Å². The first kappa shape index (κ1) is 72.9. The number of hydrogen-bond donors (Lipinski definition) is 1. The highest BCUT2D eigenvalue weighted by Gasteiger charge is 2.46. The van der Waals surface area contributed by atoms with Crippen molar-refractivity contribution in [2.45, 2.75) is 187 Å². The van der Waals surface area contributed by atoms with Gasteiger partial charge in [0.1, 0.15) is 34.0 Å². The molecule has 2 aromatic carbocycles. The van der Waals surface area contributed by atoms with Crippen molar-refractivity contribution < 1.29 is 91.2 Å². The van der Waals surface area contributed by atoms with Gasteiger partial charge in [0.05, 0.1) is 66.4 Å². The van der Waals surface area contributed by atoms with Gasteiger partial charge in [0, 0.05) is 52.1 Å². The Kier molecular flexibility index (Phi) is 24.0. The Bertz CT molecular complexity index is 3200. The highest BCUT2D eigenvalue weighted by Crippen LogP contribution is 2.45. The fourth-order valence-corrected chi connectivity index (χ4v) is 13.6.